The largest absolute Gasteiger partial charge is 0.416 e. The summed E-state index contributed by atoms with van der Waals surface area (Å²) in [5, 5.41) is 6.01. The molecule has 5 atom stereocenters. The summed E-state index contributed by atoms with van der Waals surface area (Å²) in [6.07, 6.45) is -3.37. The van der Waals surface area contributed by atoms with Crippen LogP contribution >= 0.6 is 12.2 Å². The minimum atomic E-state index is -4.98. The number of thiocarbonyl (C=S) groups is 1. The van der Waals surface area contributed by atoms with E-state index in [1.165, 1.54) is 0 Å². The molecule has 3 aliphatic rings. The van der Waals surface area contributed by atoms with Crippen molar-refractivity contribution in [2.45, 2.75) is 56.4 Å². The zero-order valence-electron chi connectivity index (χ0n) is 25.1. The smallest absolute Gasteiger partial charge is 0.367 e. The number of piperidine rings is 3. The summed E-state index contributed by atoms with van der Waals surface area (Å²) in [7, 11) is 0. The molecule has 4 unspecified atom stereocenters. The van der Waals surface area contributed by atoms with Crippen molar-refractivity contribution >= 4 is 39.6 Å². The first-order valence-electron chi connectivity index (χ1n) is 15.2. The van der Waals surface area contributed by atoms with Crippen LogP contribution in [0.25, 0.3) is 10.9 Å². The lowest BCUT2D eigenvalue weighted by Crippen LogP contribution is -2.56. The Morgan fingerprint density at radius 1 is 0.936 bits per heavy atom. The van der Waals surface area contributed by atoms with Gasteiger partial charge in [-0.3, -0.25) is 9.88 Å². The summed E-state index contributed by atoms with van der Waals surface area (Å²) in [6, 6.07) is 18.7. The highest BCUT2D eigenvalue weighted by atomic mass is 32.1. The summed E-state index contributed by atoms with van der Waals surface area (Å²) < 4.78 is 87.0. The standard InChI is InChI=1S/C35H32F6N4OS/c1-2-27-14-22-11-13-45(27)31(15-22)32(46-20-21-6-4-3-5-7-21)28-10-12-42-30-9-8-25(19-29(28)30)43-33(47)44-26-17-23(34(36,37)38)16-24(18-26)35(39,40)41/h2-10,12,16-19,22,27,31-32H,1,11,13-15,20H2,(H2,43,44,47)/t22?,27?,31?,32-/m0/s1. The van der Waals surface area contributed by atoms with Crippen LogP contribution in [0.4, 0.5) is 37.7 Å². The van der Waals surface area contributed by atoms with Crippen LogP contribution in [0, 0.1) is 5.92 Å². The number of pyridine rings is 1. The third-order valence-electron chi connectivity index (χ3n) is 8.88. The minimum absolute atomic E-state index is 0.0712. The number of nitrogens with one attached hydrogen (secondary N) is 2. The first-order valence-corrected chi connectivity index (χ1v) is 15.6. The zero-order chi connectivity index (χ0) is 33.3. The Balaban J connectivity index is 1.30. The number of rotatable bonds is 8. The number of anilines is 2. The van der Waals surface area contributed by atoms with Gasteiger partial charge in [-0.25, -0.2) is 0 Å². The molecule has 2 N–H and O–H groups in total. The topological polar surface area (TPSA) is 49.4 Å². The van der Waals surface area contributed by atoms with Crippen molar-refractivity contribution in [2.24, 2.45) is 5.92 Å². The average molecular weight is 671 g/mol. The molecule has 0 spiro atoms. The lowest BCUT2D eigenvalue weighted by molar-refractivity contribution is -0.143. The number of hydrogen-bond donors (Lipinski definition) is 2. The molecule has 4 heterocycles. The van der Waals surface area contributed by atoms with Gasteiger partial charge in [-0.1, -0.05) is 36.4 Å². The monoisotopic (exact) mass is 670 g/mol. The van der Waals surface area contributed by atoms with Crippen LogP contribution in [0.15, 0.2) is 91.6 Å². The van der Waals surface area contributed by atoms with E-state index in [-0.39, 0.29) is 29.4 Å². The van der Waals surface area contributed by atoms with Crippen LogP contribution in [0.3, 0.4) is 0 Å². The molecule has 47 heavy (non-hydrogen) atoms. The Morgan fingerprint density at radius 2 is 1.64 bits per heavy atom. The fourth-order valence-electron chi connectivity index (χ4n) is 6.71. The third-order valence-corrected chi connectivity index (χ3v) is 9.08. The molecule has 4 aromatic rings. The number of fused-ring (bicyclic) bond motifs is 4. The molecule has 5 nitrogen and oxygen atoms in total. The Morgan fingerprint density at radius 3 is 2.30 bits per heavy atom. The molecule has 2 bridgehead atoms. The van der Waals surface area contributed by atoms with Crippen molar-refractivity contribution in [1.82, 2.24) is 9.88 Å². The Bertz CT molecular complexity index is 1730. The molecule has 0 amide bonds. The molecule has 3 saturated heterocycles. The maximum Gasteiger partial charge on any atom is 0.416 e. The van der Waals surface area contributed by atoms with Gasteiger partial charge >= 0.3 is 12.4 Å². The van der Waals surface area contributed by atoms with Gasteiger partial charge in [-0.2, -0.15) is 26.3 Å². The van der Waals surface area contributed by atoms with Crippen LogP contribution in [0.2, 0.25) is 0 Å². The normalized spacial score (nSPS) is 21.7. The summed E-state index contributed by atoms with van der Waals surface area (Å²) in [4.78, 5) is 7.02. The van der Waals surface area contributed by atoms with Crippen LogP contribution in [0.1, 0.15) is 47.6 Å². The summed E-state index contributed by atoms with van der Waals surface area (Å²) in [6.45, 7) is 5.42. The molecule has 12 heteroatoms. The van der Waals surface area contributed by atoms with Gasteiger partial charge in [0.05, 0.1) is 29.4 Å². The van der Waals surface area contributed by atoms with Gasteiger partial charge < -0.3 is 15.4 Å². The van der Waals surface area contributed by atoms with Crippen molar-refractivity contribution in [1.29, 1.82) is 0 Å². The van der Waals surface area contributed by atoms with E-state index in [0.29, 0.717) is 35.9 Å². The molecule has 7 rings (SSSR count). The van der Waals surface area contributed by atoms with Crippen LogP contribution in [0.5, 0.6) is 0 Å². The number of ether oxygens (including phenoxy) is 1. The number of alkyl halides is 6. The van der Waals surface area contributed by atoms with Gasteiger partial charge in [0.15, 0.2) is 5.11 Å². The average Bonchev–Trinajstić information content (AvgIpc) is 3.04. The summed E-state index contributed by atoms with van der Waals surface area (Å²) in [5.41, 5.74) is -0.193. The highest BCUT2D eigenvalue weighted by Crippen LogP contribution is 2.44. The van der Waals surface area contributed by atoms with Crippen molar-refractivity contribution in [2.75, 3.05) is 17.2 Å². The van der Waals surface area contributed by atoms with E-state index < -0.39 is 29.2 Å². The first-order chi connectivity index (χ1) is 22.4. The van der Waals surface area contributed by atoms with E-state index in [9.17, 15) is 26.3 Å². The third kappa shape index (κ3) is 7.45. The van der Waals surface area contributed by atoms with E-state index >= 15 is 0 Å². The number of aromatic nitrogens is 1. The van der Waals surface area contributed by atoms with Gasteiger partial charge in [0.25, 0.3) is 0 Å². The van der Waals surface area contributed by atoms with Crippen molar-refractivity contribution < 1.29 is 31.1 Å². The second-order valence-corrected chi connectivity index (χ2v) is 12.4. The van der Waals surface area contributed by atoms with Crippen molar-refractivity contribution in [3.63, 3.8) is 0 Å². The number of benzene rings is 3. The van der Waals surface area contributed by atoms with Gasteiger partial charge in [0.2, 0.25) is 0 Å². The zero-order valence-corrected chi connectivity index (χ0v) is 25.9. The van der Waals surface area contributed by atoms with E-state index in [4.69, 9.17) is 17.0 Å². The van der Waals surface area contributed by atoms with E-state index in [1.54, 1.807) is 18.3 Å². The molecular weight excluding hydrogens is 638 g/mol. The van der Waals surface area contributed by atoms with Crippen LogP contribution in [-0.4, -0.2) is 33.6 Å². The Hall–Kier alpha value is -4.00. The van der Waals surface area contributed by atoms with Crippen LogP contribution in [-0.2, 0) is 23.7 Å². The van der Waals surface area contributed by atoms with Crippen molar-refractivity contribution in [3.8, 4) is 0 Å². The van der Waals surface area contributed by atoms with Gasteiger partial charge in [-0.05, 0) is 97.5 Å². The molecule has 0 saturated carbocycles. The second kappa shape index (κ2) is 13.2. The molecule has 246 valence electrons. The minimum Gasteiger partial charge on any atom is -0.367 e. The van der Waals surface area contributed by atoms with Crippen LogP contribution < -0.4 is 10.6 Å². The number of hydrogen-bond acceptors (Lipinski definition) is 4. The molecular formula is C35H32F6N4OS. The maximum absolute atomic E-state index is 13.4. The van der Waals surface area contributed by atoms with Crippen molar-refractivity contribution in [3.05, 3.63) is 114 Å². The summed E-state index contributed by atoms with van der Waals surface area (Å²) in [5.74, 6) is 0.554. The van der Waals surface area contributed by atoms with E-state index in [0.717, 1.165) is 42.3 Å². The number of nitrogens with zero attached hydrogens (tertiary/aromatic N) is 2. The lowest BCUT2D eigenvalue weighted by Gasteiger charge is -2.52. The fraction of sp³-hybridized carbons (Fsp3) is 0.314. The predicted octanol–water partition coefficient (Wildman–Crippen LogP) is 9.38. The maximum atomic E-state index is 13.4. The molecule has 0 radical (unpaired) electrons. The molecule has 3 aromatic carbocycles. The predicted molar refractivity (Wildman–Crippen MR) is 174 cm³/mol. The lowest BCUT2D eigenvalue weighted by atomic mass is 9.76. The Kier molecular flexibility index (Phi) is 9.28. The van der Waals surface area contributed by atoms with E-state index in [2.05, 4.69) is 27.1 Å². The molecule has 0 aliphatic carbocycles. The highest BCUT2D eigenvalue weighted by Gasteiger charge is 2.43. The van der Waals surface area contributed by atoms with Gasteiger partial charge in [-0.15, -0.1) is 6.58 Å². The SMILES string of the molecule is C=CC1CC2CCN1C([C@@H](OCc1ccccc1)c1ccnc3ccc(NC(=S)Nc4cc(C(F)(F)F)cc(C(F)(F)F)c4)cc13)C2. The fourth-order valence-corrected chi connectivity index (χ4v) is 6.94. The molecule has 1 aromatic heterocycles. The molecule has 3 aliphatic heterocycles. The van der Waals surface area contributed by atoms with Gasteiger partial charge in [0.1, 0.15) is 0 Å². The highest BCUT2D eigenvalue weighted by molar-refractivity contribution is 7.80. The quantitative estimate of drug-likeness (QED) is 0.111. The second-order valence-electron chi connectivity index (χ2n) is 12.0. The Labute approximate surface area is 273 Å². The molecule has 3 fully saturated rings. The first kappa shape index (κ1) is 32.9. The number of halogens is 6. The summed E-state index contributed by atoms with van der Waals surface area (Å²) >= 11 is 5.32. The van der Waals surface area contributed by atoms with Gasteiger partial charge in [0, 0.05) is 35.0 Å². The van der Waals surface area contributed by atoms with E-state index in [1.807, 2.05) is 48.5 Å².